The second kappa shape index (κ2) is 8.40. The third-order valence-corrected chi connectivity index (χ3v) is 6.02. The van der Waals surface area contributed by atoms with E-state index in [1.807, 2.05) is 4.31 Å². The molecule has 0 amide bonds. The number of nitrogens with one attached hydrogen (secondary N) is 1. The van der Waals surface area contributed by atoms with E-state index in [-0.39, 0.29) is 23.2 Å². The first-order valence-electron chi connectivity index (χ1n) is 9.17. The zero-order chi connectivity index (χ0) is 20.4. The van der Waals surface area contributed by atoms with Crippen LogP contribution in [0.4, 0.5) is 14.7 Å². The maximum Gasteiger partial charge on any atom is 0.223 e. The van der Waals surface area contributed by atoms with Gasteiger partial charge in [0.05, 0.1) is 17.6 Å². The number of halogens is 2. The van der Waals surface area contributed by atoms with Crippen LogP contribution in [0.25, 0.3) is 22.2 Å². The molecular formula is C20H19F2N5OS. The average molecular weight is 415 g/mol. The van der Waals surface area contributed by atoms with Crippen molar-refractivity contribution in [3.8, 4) is 11.3 Å². The predicted octanol–water partition coefficient (Wildman–Crippen LogP) is 3.65. The van der Waals surface area contributed by atoms with E-state index in [2.05, 4.69) is 26.8 Å². The number of fused-ring (bicyclic) bond motifs is 1. The molecule has 1 aromatic carbocycles. The Kier molecular flexibility index (Phi) is 5.70. The van der Waals surface area contributed by atoms with Crippen LogP contribution < -0.4 is 5.32 Å². The average Bonchev–Trinajstić information content (AvgIpc) is 2.75. The second-order valence-electron chi connectivity index (χ2n) is 6.71. The third kappa shape index (κ3) is 4.21. The second-order valence-corrected chi connectivity index (χ2v) is 8.12. The SMILES string of the molecule is C=C[S+]([O-])N1CCC(Nc2ncc(F)c(-c3cc(F)c4ncccc4c3)n2)CC1. The molecule has 4 rings (SSSR count). The maximum atomic E-state index is 14.4. The molecular weight excluding hydrogens is 396 g/mol. The summed E-state index contributed by atoms with van der Waals surface area (Å²) in [4.78, 5) is 12.3. The highest BCUT2D eigenvalue weighted by Crippen LogP contribution is 2.27. The fourth-order valence-corrected chi connectivity index (χ4v) is 4.17. The van der Waals surface area contributed by atoms with Gasteiger partial charge in [-0.3, -0.25) is 4.98 Å². The van der Waals surface area contributed by atoms with E-state index in [0.717, 1.165) is 19.0 Å². The van der Waals surface area contributed by atoms with E-state index < -0.39 is 23.0 Å². The van der Waals surface area contributed by atoms with Gasteiger partial charge in [0.15, 0.2) is 5.82 Å². The minimum atomic E-state index is -1.17. The summed E-state index contributed by atoms with van der Waals surface area (Å²) in [6, 6.07) is 6.37. The lowest BCUT2D eigenvalue weighted by molar-refractivity contribution is 0.332. The van der Waals surface area contributed by atoms with Crippen molar-refractivity contribution < 1.29 is 13.3 Å². The van der Waals surface area contributed by atoms with Crippen LogP contribution in [-0.2, 0) is 11.4 Å². The standard InChI is InChI=1S/C20H19F2N5OS/c1-2-29(28)27-8-5-15(6-9-27)25-20-24-12-17(22)19(26-20)14-10-13-4-3-7-23-18(13)16(21)11-14/h2-4,7,10-12,15H,1,5-6,8-9H2,(H,24,25,26). The van der Waals surface area contributed by atoms with Crippen molar-refractivity contribution in [3.05, 3.63) is 60.3 Å². The largest absolute Gasteiger partial charge is 0.593 e. The Balaban J connectivity index is 1.55. The molecule has 0 spiro atoms. The Hall–Kier alpha value is -2.62. The summed E-state index contributed by atoms with van der Waals surface area (Å²) in [6.07, 6.45) is 4.07. The smallest absolute Gasteiger partial charge is 0.223 e. The van der Waals surface area contributed by atoms with Gasteiger partial charge >= 0.3 is 0 Å². The zero-order valence-electron chi connectivity index (χ0n) is 15.5. The monoisotopic (exact) mass is 415 g/mol. The third-order valence-electron chi connectivity index (χ3n) is 4.86. The van der Waals surface area contributed by atoms with Crippen LogP contribution in [-0.4, -0.2) is 42.9 Å². The molecule has 0 aliphatic carbocycles. The van der Waals surface area contributed by atoms with Crippen molar-refractivity contribution in [2.45, 2.75) is 18.9 Å². The number of pyridine rings is 1. The number of anilines is 1. The van der Waals surface area contributed by atoms with Crippen LogP contribution in [0, 0.1) is 11.6 Å². The molecule has 3 aromatic rings. The lowest BCUT2D eigenvalue weighted by atomic mass is 10.1. The minimum Gasteiger partial charge on any atom is -0.593 e. The number of piperidine rings is 1. The molecule has 1 N–H and O–H groups in total. The van der Waals surface area contributed by atoms with Gasteiger partial charge in [0, 0.05) is 36.3 Å². The molecule has 0 radical (unpaired) electrons. The van der Waals surface area contributed by atoms with Crippen molar-refractivity contribution in [3.63, 3.8) is 0 Å². The van der Waals surface area contributed by atoms with Gasteiger partial charge in [-0.1, -0.05) is 6.07 Å². The van der Waals surface area contributed by atoms with E-state index in [0.29, 0.717) is 24.0 Å². The molecule has 9 heteroatoms. The maximum absolute atomic E-state index is 14.4. The normalized spacial score (nSPS) is 16.7. The fraction of sp³-hybridized carbons (Fsp3) is 0.250. The van der Waals surface area contributed by atoms with Crippen LogP contribution in [0.15, 0.2) is 48.6 Å². The molecule has 6 nitrogen and oxygen atoms in total. The van der Waals surface area contributed by atoms with Crippen LogP contribution in [0.1, 0.15) is 12.8 Å². The van der Waals surface area contributed by atoms with E-state index >= 15 is 0 Å². The molecule has 1 unspecified atom stereocenters. The lowest BCUT2D eigenvalue weighted by Crippen LogP contribution is -2.41. The van der Waals surface area contributed by atoms with Crippen LogP contribution in [0.2, 0.25) is 0 Å². The van der Waals surface area contributed by atoms with Crippen molar-refractivity contribution in [1.29, 1.82) is 0 Å². The van der Waals surface area contributed by atoms with Gasteiger partial charge in [-0.05, 0) is 37.6 Å². The molecule has 3 heterocycles. The van der Waals surface area contributed by atoms with Crippen molar-refractivity contribution >= 4 is 28.2 Å². The molecule has 1 atom stereocenters. The highest BCUT2D eigenvalue weighted by Gasteiger charge is 2.26. The number of benzene rings is 1. The quantitative estimate of drug-likeness (QED) is 0.641. The predicted molar refractivity (Wildman–Crippen MR) is 109 cm³/mol. The fourth-order valence-electron chi connectivity index (χ4n) is 3.39. The molecule has 1 fully saturated rings. The van der Waals surface area contributed by atoms with Crippen LogP contribution in [0.3, 0.4) is 0 Å². The number of nitrogens with zero attached hydrogens (tertiary/aromatic N) is 4. The summed E-state index contributed by atoms with van der Waals surface area (Å²) < 4.78 is 42.4. The first-order chi connectivity index (χ1) is 14.0. The number of hydrogen-bond acceptors (Lipinski definition) is 6. The Morgan fingerprint density at radius 3 is 2.76 bits per heavy atom. The Bertz CT molecular complexity index is 1040. The molecule has 0 bridgehead atoms. The molecule has 1 saturated heterocycles. The summed E-state index contributed by atoms with van der Waals surface area (Å²) in [6.45, 7) is 4.84. The van der Waals surface area contributed by atoms with Gasteiger partial charge in [0.1, 0.15) is 22.4 Å². The number of rotatable bonds is 5. The van der Waals surface area contributed by atoms with Gasteiger partial charge in [-0.25, -0.2) is 18.7 Å². The van der Waals surface area contributed by atoms with Crippen LogP contribution in [0.5, 0.6) is 0 Å². The molecule has 1 aliphatic rings. The van der Waals surface area contributed by atoms with Crippen molar-refractivity contribution in [2.75, 3.05) is 18.4 Å². The summed E-state index contributed by atoms with van der Waals surface area (Å²) in [5, 5.41) is 5.19. The summed E-state index contributed by atoms with van der Waals surface area (Å²) in [5.41, 5.74) is 0.576. The van der Waals surface area contributed by atoms with E-state index in [9.17, 15) is 13.3 Å². The Morgan fingerprint density at radius 1 is 1.21 bits per heavy atom. The van der Waals surface area contributed by atoms with Crippen molar-refractivity contribution in [1.82, 2.24) is 19.3 Å². The van der Waals surface area contributed by atoms with Gasteiger partial charge in [0.2, 0.25) is 5.95 Å². The van der Waals surface area contributed by atoms with E-state index in [4.69, 9.17) is 0 Å². The van der Waals surface area contributed by atoms with Crippen molar-refractivity contribution in [2.24, 2.45) is 0 Å². The van der Waals surface area contributed by atoms with Gasteiger partial charge in [0.25, 0.3) is 0 Å². The number of aromatic nitrogens is 3. The lowest BCUT2D eigenvalue weighted by Gasteiger charge is -2.30. The van der Waals surface area contributed by atoms with Crippen LogP contribution >= 0.6 is 0 Å². The highest BCUT2D eigenvalue weighted by atomic mass is 32.2. The first kappa shape index (κ1) is 19.7. The molecule has 1 aliphatic heterocycles. The molecule has 150 valence electrons. The van der Waals surface area contributed by atoms with E-state index in [1.54, 1.807) is 18.2 Å². The Morgan fingerprint density at radius 2 is 2.00 bits per heavy atom. The van der Waals surface area contributed by atoms with Gasteiger partial charge in [-0.15, -0.1) is 4.31 Å². The topological polar surface area (TPSA) is 77.0 Å². The molecule has 0 saturated carbocycles. The molecule has 29 heavy (non-hydrogen) atoms. The van der Waals surface area contributed by atoms with Gasteiger partial charge < -0.3 is 9.87 Å². The van der Waals surface area contributed by atoms with Gasteiger partial charge in [-0.2, -0.15) is 0 Å². The highest BCUT2D eigenvalue weighted by molar-refractivity contribution is 7.92. The van der Waals surface area contributed by atoms with E-state index in [1.165, 1.54) is 17.7 Å². The minimum absolute atomic E-state index is 0.0253. The molecule has 2 aromatic heterocycles. The summed E-state index contributed by atoms with van der Waals surface area (Å²) >= 11 is -1.17. The summed E-state index contributed by atoms with van der Waals surface area (Å²) in [7, 11) is 0. The summed E-state index contributed by atoms with van der Waals surface area (Å²) in [5.74, 6) is -0.890. The zero-order valence-corrected chi connectivity index (χ0v) is 16.3. The first-order valence-corrected chi connectivity index (χ1v) is 10.3. The number of hydrogen-bond donors (Lipinski definition) is 1. The Labute approximate surface area is 170 Å².